The van der Waals surface area contributed by atoms with Gasteiger partial charge in [0.25, 0.3) is 0 Å². The third kappa shape index (κ3) is 2.41. The summed E-state index contributed by atoms with van der Waals surface area (Å²) >= 11 is 3.28. The summed E-state index contributed by atoms with van der Waals surface area (Å²) in [7, 11) is 2.58. The Kier molecular flexibility index (Phi) is 4.06. The molecule has 0 radical (unpaired) electrons. The first-order valence-corrected chi connectivity index (χ1v) is 5.27. The van der Waals surface area contributed by atoms with Gasteiger partial charge in [-0.15, -0.1) is 0 Å². The van der Waals surface area contributed by atoms with Crippen LogP contribution in [0.5, 0.6) is 0 Å². The molecule has 0 unspecified atom stereocenters. The molecule has 0 saturated heterocycles. The predicted molar refractivity (Wildman–Crippen MR) is 61.6 cm³/mol. The number of halogens is 1. The largest absolute Gasteiger partial charge is 0.465 e. The van der Waals surface area contributed by atoms with E-state index in [0.29, 0.717) is 15.6 Å². The zero-order valence-electron chi connectivity index (χ0n) is 9.17. The van der Waals surface area contributed by atoms with Crippen LogP contribution in [0.25, 0.3) is 0 Å². The molecule has 1 aromatic rings. The first-order valence-electron chi connectivity index (χ1n) is 4.48. The van der Waals surface area contributed by atoms with E-state index in [2.05, 4.69) is 25.4 Å². The molecule has 0 amide bonds. The van der Waals surface area contributed by atoms with Crippen LogP contribution in [-0.2, 0) is 9.47 Å². The van der Waals surface area contributed by atoms with E-state index in [1.807, 2.05) is 0 Å². The van der Waals surface area contributed by atoms with E-state index in [0.717, 1.165) is 5.56 Å². The van der Waals surface area contributed by atoms with Crippen molar-refractivity contribution in [1.29, 1.82) is 0 Å². The third-order valence-corrected chi connectivity index (χ3v) is 2.99. The highest BCUT2D eigenvalue weighted by atomic mass is 79.9. The van der Waals surface area contributed by atoms with Gasteiger partial charge in [0.1, 0.15) is 0 Å². The van der Waals surface area contributed by atoms with Gasteiger partial charge in [0.15, 0.2) is 0 Å². The van der Waals surface area contributed by atoms with Gasteiger partial charge in [-0.3, -0.25) is 0 Å². The summed E-state index contributed by atoms with van der Waals surface area (Å²) in [6.07, 6.45) is 0. The third-order valence-electron chi connectivity index (χ3n) is 2.17. The molecule has 1 rings (SSSR count). The van der Waals surface area contributed by atoms with Crippen LogP contribution >= 0.6 is 15.9 Å². The molecule has 0 atom stereocenters. The summed E-state index contributed by atoms with van der Waals surface area (Å²) in [5.74, 6) is -0.977. The van der Waals surface area contributed by atoms with E-state index in [-0.39, 0.29) is 0 Å². The second-order valence-electron chi connectivity index (χ2n) is 3.11. The number of hydrogen-bond donors (Lipinski definition) is 0. The van der Waals surface area contributed by atoms with E-state index >= 15 is 0 Å². The van der Waals surface area contributed by atoms with Crippen molar-refractivity contribution in [2.24, 2.45) is 0 Å². The predicted octanol–water partition coefficient (Wildman–Crippen LogP) is 2.33. The number of hydrogen-bond acceptors (Lipinski definition) is 4. The number of rotatable bonds is 2. The molecule has 4 nitrogen and oxygen atoms in total. The lowest BCUT2D eigenvalue weighted by molar-refractivity contribution is 0.0598. The Balaban J connectivity index is 3.33. The van der Waals surface area contributed by atoms with E-state index in [4.69, 9.17) is 0 Å². The van der Waals surface area contributed by atoms with Crippen LogP contribution in [0.15, 0.2) is 16.6 Å². The zero-order valence-corrected chi connectivity index (χ0v) is 10.8. The summed E-state index contributed by atoms with van der Waals surface area (Å²) in [5, 5.41) is 0. The Bertz CT molecular complexity index is 440. The van der Waals surface area contributed by atoms with Gasteiger partial charge >= 0.3 is 11.9 Å². The number of ether oxygens (including phenoxy) is 2. The SMILES string of the molecule is COC(=O)c1cc(Br)c(C)c(C(=O)OC)c1. The lowest BCUT2D eigenvalue weighted by atomic mass is 10.1. The van der Waals surface area contributed by atoms with Crippen LogP contribution < -0.4 is 0 Å². The van der Waals surface area contributed by atoms with Crippen LogP contribution in [0.2, 0.25) is 0 Å². The van der Waals surface area contributed by atoms with Gasteiger partial charge in [-0.05, 0) is 24.6 Å². The summed E-state index contributed by atoms with van der Waals surface area (Å²) < 4.78 is 9.88. The average Bonchev–Trinajstić information content (AvgIpc) is 2.30. The summed E-state index contributed by atoms with van der Waals surface area (Å²) in [4.78, 5) is 22.8. The molecule has 0 aliphatic carbocycles. The summed E-state index contributed by atoms with van der Waals surface area (Å²) in [6.45, 7) is 1.76. The van der Waals surface area contributed by atoms with Crippen molar-refractivity contribution >= 4 is 27.9 Å². The van der Waals surface area contributed by atoms with Gasteiger partial charge in [0.05, 0.1) is 25.3 Å². The fourth-order valence-corrected chi connectivity index (χ4v) is 1.70. The zero-order chi connectivity index (χ0) is 12.3. The van der Waals surface area contributed by atoms with Gasteiger partial charge in [0, 0.05) is 4.47 Å². The fourth-order valence-electron chi connectivity index (χ4n) is 1.24. The van der Waals surface area contributed by atoms with E-state index < -0.39 is 11.9 Å². The number of methoxy groups -OCH3 is 2. The number of carbonyl (C=O) groups is 2. The molecule has 16 heavy (non-hydrogen) atoms. The molecule has 0 saturated carbocycles. The molecule has 86 valence electrons. The van der Waals surface area contributed by atoms with Crippen molar-refractivity contribution in [1.82, 2.24) is 0 Å². The minimum atomic E-state index is -0.495. The first kappa shape index (κ1) is 12.7. The second-order valence-corrected chi connectivity index (χ2v) is 3.97. The lowest BCUT2D eigenvalue weighted by Gasteiger charge is -2.08. The number of benzene rings is 1. The molecule has 0 aromatic heterocycles. The summed E-state index contributed by atoms with van der Waals surface area (Å²) in [5.41, 5.74) is 1.37. The molecular formula is C11H11BrO4. The smallest absolute Gasteiger partial charge is 0.338 e. The normalized spacial score (nSPS) is 9.75. The maximum Gasteiger partial charge on any atom is 0.338 e. The summed E-state index contributed by atoms with van der Waals surface area (Å²) in [6, 6.07) is 3.06. The van der Waals surface area contributed by atoms with Gasteiger partial charge in [-0.1, -0.05) is 15.9 Å². The van der Waals surface area contributed by atoms with Gasteiger partial charge in [0.2, 0.25) is 0 Å². The van der Waals surface area contributed by atoms with Crippen molar-refractivity contribution in [2.75, 3.05) is 14.2 Å². The molecule has 0 N–H and O–H groups in total. The molecule has 0 fully saturated rings. The molecule has 5 heteroatoms. The average molecular weight is 287 g/mol. The van der Waals surface area contributed by atoms with Gasteiger partial charge in [-0.25, -0.2) is 9.59 Å². The first-order chi connectivity index (χ1) is 7.51. The van der Waals surface area contributed by atoms with Crippen LogP contribution in [0.4, 0.5) is 0 Å². The minimum Gasteiger partial charge on any atom is -0.465 e. The van der Waals surface area contributed by atoms with Crippen molar-refractivity contribution < 1.29 is 19.1 Å². The Morgan fingerprint density at radius 1 is 1.12 bits per heavy atom. The fraction of sp³-hybridized carbons (Fsp3) is 0.273. The van der Waals surface area contributed by atoms with Crippen LogP contribution in [0.1, 0.15) is 26.3 Å². The van der Waals surface area contributed by atoms with Crippen LogP contribution in [0, 0.1) is 6.92 Å². The molecule has 0 bridgehead atoms. The van der Waals surface area contributed by atoms with Crippen LogP contribution in [0.3, 0.4) is 0 Å². The van der Waals surface area contributed by atoms with Gasteiger partial charge < -0.3 is 9.47 Å². The maximum absolute atomic E-state index is 11.5. The Morgan fingerprint density at radius 3 is 2.19 bits per heavy atom. The molecule has 0 spiro atoms. The second kappa shape index (κ2) is 5.12. The monoisotopic (exact) mass is 286 g/mol. The number of esters is 2. The topological polar surface area (TPSA) is 52.6 Å². The Hall–Kier alpha value is -1.36. The minimum absolute atomic E-state index is 0.306. The highest BCUT2D eigenvalue weighted by Gasteiger charge is 2.16. The van der Waals surface area contributed by atoms with E-state index in [1.165, 1.54) is 20.3 Å². The van der Waals surface area contributed by atoms with Crippen molar-refractivity contribution in [3.05, 3.63) is 33.3 Å². The molecule has 1 aromatic carbocycles. The molecule has 0 aliphatic heterocycles. The van der Waals surface area contributed by atoms with Crippen molar-refractivity contribution in [3.63, 3.8) is 0 Å². The van der Waals surface area contributed by atoms with Crippen molar-refractivity contribution in [2.45, 2.75) is 6.92 Å². The van der Waals surface area contributed by atoms with Crippen LogP contribution in [-0.4, -0.2) is 26.2 Å². The molecular weight excluding hydrogens is 276 g/mol. The highest BCUT2D eigenvalue weighted by Crippen LogP contribution is 2.23. The van der Waals surface area contributed by atoms with E-state index in [9.17, 15) is 9.59 Å². The number of carbonyl (C=O) groups excluding carboxylic acids is 2. The van der Waals surface area contributed by atoms with E-state index in [1.54, 1.807) is 13.0 Å². The molecule has 0 heterocycles. The van der Waals surface area contributed by atoms with Gasteiger partial charge in [-0.2, -0.15) is 0 Å². The Labute approximate surface area is 102 Å². The van der Waals surface area contributed by atoms with Crippen molar-refractivity contribution in [3.8, 4) is 0 Å². The maximum atomic E-state index is 11.5. The Morgan fingerprint density at radius 2 is 1.69 bits per heavy atom. The lowest BCUT2D eigenvalue weighted by Crippen LogP contribution is -2.08. The standard InChI is InChI=1S/C11H11BrO4/c1-6-8(11(14)16-3)4-7(5-9(6)12)10(13)15-2/h4-5H,1-3H3. The quantitative estimate of drug-likeness (QED) is 0.783. The molecule has 0 aliphatic rings. The highest BCUT2D eigenvalue weighted by molar-refractivity contribution is 9.10.